The number of benzene rings is 1. The van der Waals surface area contributed by atoms with Gasteiger partial charge in [-0.3, -0.25) is 0 Å². The topological polar surface area (TPSA) is 74.7 Å². The number of H-pyrrole nitrogens is 1. The molecule has 1 aromatic carbocycles. The van der Waals surface area contributed by atoms with Crippen molar-refractivity contribution in [2.24, 2.45) is 0 Å². The predicted octanol–water partition coefficient (Wildman–Crippen LogP) is 1.08. The minimum atomic E-state index is 0. The van der Waals surface area contributed by atoms with Gasteiger partial charge in [0, 0.05) is 5.56 Å². The van der Waals surface area contributed by atoms with E-state index in [2.05, 4.69) is 19.9 Å². The molecule has 17 heavy (non-hydrogen) atoms. The molecule has 0 aliphatic rings. The van der Waals surface area contributed by atoms with E-state index in [1.807, 2.05) is 0 Å². The number of aromatic nitrogens is 4. The van der Waals surface area contributed by atoms with E-state index in [0.717, 1.165) is 16.8 Å². The fourth-order valence-electron chi connectivity index (χ4n) is 1.60. The maximum absolute atomic E-state index is 9.22. The van der Waals surface area contributed by atoms with Gasteiger partial charge in [-0.15, -0.1) is 0 Å². The first-order chi connectivity index (χ1) is 7.84. The van der Waals surface area contributed by atoms with Crippen LogP contribution in [-0.4, -0.2) is 54.6 Å². The number of phenols is 1. The average molecular weight is 236 g/mol. The Labute approximate surface area is 119 Å². The van der Waals surface area contributed by atoms with Gasteiger partial charge in [0.2, 0.25) is 0 Å². The Kier molecular flexibility index (Phi) is 3.42. The fourth-order valence-corrected chi connectivity index (χ4v) is 1.60. The van der Waals surface area contributed by atoms with Crippen molar-refractivity contribution in [3.63, 3.8) is 0 Å². The summed E-state index contributed by atoms with van der Waals surface area (Å²) < 4.78 is 0. The summed E-state index contributed by atoms with van der Waals surface area (Å²) >= 11 is 0. The van der Waals surface area contributed by atoms with E-state index in [0.29, 0.717) is 5.65 Å². The van der Waals surface area contributed by atoms with E-state index in [4.69, 9.17) is 0 Å². The third-order valence-corrected chi connectivity index (χ3v) is 2.36. The van der Waals surface area contributed by atoms with E-state index < -0.39 is 0 Å². The Hall–Kier alpha value is -1.43. The number of hydrogen-bond acceptors (Lipinski definition) is 4. The third kappa shape index (κ3) is 2.17. The number of nitrogens with one attached hydrogen (secondary N) is 1. The van der Waals surface area contributed by atoms with E-state index in [-0.39, 0.29) is 35.3 Å². The summed E-state index contributed by atoms with van der Waals surface area (Å²) in [7, 11) is 0. The van der Waals surface area contributed by atoms with Crippen LogP contribution in [0.1, 0.15) is 0 Å². The zero-order valence-electron chi connectivity index (χ0n) is 8.25. The van der Waals surface area contributed by atoms with Crippen LogP contribution in [0.2, 0.25) is 0 Å². The minimum absolute atomic E-state index is 0. The number of hydrogen-bond donors (Lipinski definition) is 2. The van der Waals surface area contributed by atoms with Crippen molar-refractivity contribution in [1.82, 2.24) is 19.9 Å². The standard InChI is InChI=1S/C11H8N4O.Na.H/c16-8-3-1-7(2-4-8)9-10-11(14-5-12-9)15-6-13-10;;/h1-6,16H,(H,12,13,14,15);;. The predicted molar refractivity (Wildman–Crippen MR) is 65.9 cm³/mol. The van der Waals surface area contributed by atoms with Crippen LogP contribution in [0.3, 0.4) is 0 Å². The molecule has 2 heterocycles. The zero-order valence-corrected chi connectivity index (χ0v) is 8.25. The van der Waals surface area contributed by atoms with Gasteiger partial charge in [0.25, 0.3) is 0 Å². The van der Waals surface area contributed by atoms with Gasteiger partial charge >= 0.3 is 29.6 Å². The molecule has 5 nitrogen and oxygen atoms in total. The molecule has 2 N–H and O–H groups in total. The van der Waals surface area contributed by atoms with Crippen LogP contribution in [0.5, 0.6) is 5.75 Å². The molecule has 2 aromatic heterocycles. The van der Waals surface area contributed by atoms with Crippen molar-refractivity contribution >= 4 is 40.7 Å². The van der Waals surface area contributed by atoms with E-state index >= 15 is 0 Å². The summed E-state index contributed by atoms with van der Waals surface area (Å²) in [6.07, 6.45) is 3.06. The first kappa shape index (κ1) is 12.0. The number of phenolic OH excluding ortho intramolecular Hbond substituents is 1. The van der Waals surface area contributed by atoms with Gasteiger partial charge in [0.05, 0.1) is 12.0 Å². The molecule has 0 amide bonds. The Morgan fingerprint density at radius 1 is 1.00 bits per heavy atom. The molecule has 0 aliphatic heterocycles. The van der Waals surface area contributed by atoms with Gasteiger partial charge in [-0.2, -0.15) is 0 Å². The van der Waals surface area contributed by atoms with Crippen molar-refractivity contribution in [2.75, 3.05) is 0 Å². The molecule has 0 fully saturated rings. The molecular formula is C11H9N4NaO. The molecule has 80 valence electrons. The van der Waals surface area contributed by atoms with Crippen molar-refractivity contribution in [3.05, 3.63) is 36.9 Å². The second kappa shape index (κ2) is 4.83. The Balaban J connectivity index is 0.00000108. The summed E-state index contributed by atoms with van der Waals surface area (Å²) in [5.41, 5.74) is 3.13. The zero-order chi connectivity index (χ0) is 11.0. The van der Waals surface area contributed by atoms with Crippen LogP contribution in [0.25, 0.3) is 22.4 Å². The van der Waals surface area contributed by atoms with E-state index in [1.165, 1.54) is 6.33 Å². The van der Waals surface area contributed by atoms with Crippen LogP contribution in [-0.2, 0) is 0 Å². The Morgan fingerprint density at radius 3 is 2.53 bits per heavy atom. The summed E-state index contributed by atoms with van der Waals surface area (Å²) in [6.45, 7) is 0. The molecule has 0 spiro atoms. The second-order valence-electron chi connectivity index (χ2n) is 3.37. The number of aromatic hydroxyl groups is 1. The van der Waals surface area contributed by atoms with Gasteiger partial charge in [-0.25, -0.2) is 15.0 Å². The molecule has 0 saturated heterocycles. The molecule has 6 heteroatoms. The second-order valence-corrected chi connectivity index (χ2v) is 3.37. The van der Waals surface area contributed by atoms with Crippen molar-refractivity contribution in [3.8, 4) is 17.0 Å². The van der Waals surface area contributed by atoms with Crippen molar-refractivity contribution < 1.29 is 5.11 Å². The third-order valence-electron chi connectivity index (χ3n) is 2.36. The van der Waals surface area contributed by atoms with Gasteiger partial charge in [0.15, 0.2) is 5.65 Å². The van der Waals surface area contributed by atoms with Gasteiger partial charge in [-0.05, 0) is 24.3 Å². The SMILES string of the molecule is Oc1ccc(-c2ncnc3nc[nH]c23)cc1.[NaH]. The molecule has 0 atom stereocenters. The van der Waals surface area contributed by atoms with Crippen LogP contribution in [0, 0.1) is 0 Å². The molecule has 0 radical (unpaired) electrons. The Morgan fingerprint density at radius 2 is 1.76 bits per heavy atom. The summed E-state index contributed by atoms with van der Waals surface area (Å²) in [6, 6.07) is 6.86. The van der Waals surface area contributed by atoms with Crippen molar-refractivity contribution in [1.29, 1.82) is 0 Å². The normalized spacial score (nSPS) is 10.1. The van der Waals surface area contributed by atoms with Gasteiger partial charge < -0.3 is 10.1 Å². The molecule has 0 saturated carbocycles. The van der Waals surface area contributed by atoms with Gasteiger partial charge in [0.1, 0.15) is 17.6 Å². The van der Waals surface area contributed by atoms with Crippen LogP contribution in [0.4, 0.5) is 0 Å². The molecule has 0 unspecified atom stereocenters. The molecule has 3 aromatic rings. The number of fused-ring (bicyclic) bond motifs is 1. The summed E-state index contributed by atoms with van der Waals surface area (Å²) in [5.74, 6) is 0.235. The quantitative estimate of drug-likeness (QED) is 0.620. The molecular weight excluding hydrogens is 227 g/mol. The van der Waals surface area contributed by atoms with Gasteiger partial charge in [-0.1, -0.05) is 0 Å². The number of rotatable bonds is 1. The van der Waals surface area contributed by atoms with E-state index in [9.17, 15) is 5.11 Å². The van der Waals surface area contributed by atoms with E-state index in [1.54, 1.807) is 30.6 Å². The number of nitrogens with zero attached hydrogens (tertiary/aromatic N) is 3. The van der Waals surface area contributed by atoms with Crippen LogP contribution < -0.4 is 0 Å². The number of imidazole rings is 1. The molecule has 0 bridgehead atoms. The molecule has 0 aliphatic carbocycles. The molecule has 3 rings (SSSR count). The van der Waals surface area contributed by atoms with Crippen LogP contribution >= 0.6 is 0 Å². The maximum atomic E-state index is 9.22. The fraction of sp³-hybridized carbons (Fsp3) is 0. The summed E-state index contributed by atoms with van der Waals surface area (Å²) in [4.78, 5) is 15.3. The monoisotopic (exact) mass is 236 g/mol. The Bertz CT molecular complexity index is 635. The number of aromatic amines is 1. The van der Waals surface area contributed by atoms with Crippen molar-refractivity contribution in [2.45, 2.75) is 0 Å². The average Bonchev–Trinajstić information content (AvgIpc) is 2.78. The first-order valence-corrected chi connectivity index (χ1v) is 4.78. The van der Waals surface area contributed by atoms with Crippen LogP contribution in [0.15, 0.2) is 36.9 Å². The summed E-state index contributed by atoms with van der Waals surface area (Å²) in [5, 5.41) is 9.22. The first-order valence-electron chi connectivity index (χ1n) is 4.78.